The fourth-order valence-electron chi connectivity index (χ4n) is 2.60. The van der Waals surface area contributed by atoms with E-state index >= 15 is 0 Å². The largest absolute Gasteiger partial charge is 0.493 e. The Kier molecular flexibility index (Phi) is 12.0. The molecule has 0 amide bonds. The quantitative estimate of drug-likeness (QED) is 0.210. The van der Waals surface area contributed by atoms with Gasteiger partial charge in [0.25, 0.3) is 0 Å². The first-order valence-electron chi connectivity index (χ1n) is 8.72. The van der Waals surface area contributed by atoms with Crippen LogP contribution in [0.3, 0.4) is 0 Å². The van der Waals surface area contributed by atoms with E-state index in [9.17, 15) is 0 Å². The van der Waals surface area contributed by atoms with Gasteiger partial charge in [0.2, 0.25) is 0 Å². The zero-order valence-corrected chi connectivity index (χ0v) is 20.0. The molecule has 0 radical (unpaired) electrons. The summed E-state index contributed by atoms with van der Waals surface area (Å²) in [6, 6.07) is 3.84. The van der Waals surface area contributed by atoms with Crippen molar-refractivity contribution in [3.05, 3.63) is 22.2 Å². The molecule has 0 aromatic heterocycles. The summed E-state index contributed by atoms with van der Waals surface area (Å²) in [5, 5.41) is 6.59. The third-order valence-electron chi connectivity index (χ3n) is 4.08. The molecule has 1 aromatic carbocycles. The van der Waals surface area contributed by atoms with Crippen LogP contribution >= 0.6 is 39.9 Å². The number of halogens is 2. The van der Waals surface area contributed by atoms with Gasteiger partial charge in [0.15, 0.2) is 17.5 Å². The van der Waals surface area contributed by atoms with Crippen LogP contribution in [-0.2, 0) is 16.0 Å². The lowest BCUT2D eigenvalue weighted by molar-refractivity contribution is 0.0420. The minimum Gasteiger partial charge on any atom is -0.493 e. The molecule has 1 aliphatic heterocycles. The molecule has 2 N–H and O–H groups in total. The number of hydrogen-bond donors (Lipinski definition) is 2. The highest BCUT2D eigenvalue weighted by Crippen LogP contribution is 2.33. The Bertz CT molecular complexity index is 598. The van der Waals surface area contributed by atoms with Crippen LogP contribution in [0.4, 0.5) is 0 Å². The molecule has 1 heterocycles. The first kappa shape index (κ1) is 24.3. The van der Waals surface area contributed by atoms with Crippen LogP contribution < -0.4 is 20.1 Å². The van der Waals surface area contributed by atoms with Gasteiger partial charge in [0, 0.05) is 37.8 Å². The topological polar surface area (TPSA) is 73.3 Å². The Balaban J connectivity index is 0.00000364. The first-order chi connectivity index (χ1) is 12.7. The number of ether oxygens (including phenoxy) is 4. The van der Waals surface area contributed by atoms with E-state index in [1.807, 2.05) is 12.1 Å². The predicted octanol–water partition coefficient (Wildman–Crippen LogP) is 2.94. The molecule has 1 aliphatic rings. The Morgan fingerprint density at radius 3 is 2.63 bits per heavy atom. The van der Waals surface area contributed by atoms with E-state index in [0.717, 1.165) is 55.2 Å². The van der Waals surface area contributed by atoms with E-state index in [-0.39, 0.29) is 30.1 Å². The van der Waals surface area contributed by atoms with Gasteiger partial charge in [-0.1, -0.05) is 15.9 Å². The average molecular weight is 558 g/mol. The molecule has 0 spiro atoms. The number of guanidine groups is 1. The van der Waals surface area contributed by atoms with Gasteiger partial charge in [-0.15, -0.1) is 24.0 Å². The fourth-order valence-corrected chi connectivity index (χ4v) is 3.07. The number of aliphatic imine (C=N–C) groups is 1. The summed E-state index contributed by atoms with van der Waals surface area (Å²) < 4.78 is 22.7. The van der Waals surface area contributed by atoms with Crippen LogP contribution in [0.5, 0.6) is 11.5 Å². The van der Waals surface area contributed by atoms with Crippen LogP contribution in [0.2, 0.25) is 0 Å². The van der Waals surface area contributed by atoms with E-state index in [0.29, 0.717) is 18.0 Å². The predicted molar refractivity (Wildman–Crippen MR) is 121 cm³/mol. The van der Waals surface area contributed by atoms with Crippen molar-refractivity contribution in [2.24, 2.45) is 4.99 Å². The third-order valence-corrected chi connectivity index (χ3v) is 4.82. The summed E-state index contributed by atoms with van der Waals surface area (Å²) in [6.45, 7) is 3.65. The summed E-state index contributed by atoms with van der Waals surface area (Å²) in [4.78, 5) is 4.25. The number of benzene rings is 1. The zero-order chi connectivity index (χ0) is 18.8. The summed E-state index contributed by atoms with van der Waals surface area (Å²) in [6.07, 6.45) is 2.17. The van der Waals surface area contributed by atoms with Gasteiger partial charge >= 0.3 is 0 Å². The summed E-state index contributed by atoms with van der Waals surface area (Å²) in [7, 11) is 5.01. The monoisotopic (exact) mass is 557 g/mol. The lowest BCUT2D eigenvalue weighted by Gasteiger charge is -2.15. The second-order valence-electron chi connectivity index (χ2n) is 5.86. The molecule has 0 bridgehead atoms. The summed E-state index contributed by atoms with van der Waals surface area (Å²) >= 11 is 3.57. The molecular formula is C18H29BrIN3O4. The third kappa shape index (κ3) is 8.00. The van der Waals surface area contributed by atoms with Gasteiger partial charge in [-0.25, -0.2) is 0 Å². The molecular weight excluding hydrogens is 529 g/mol. The van der Waals surface area contributed by atoms with Gasteiger partial charge in [0.05, 0.1) is 26.9 Å². The van der Waals surface area contributed by atoms with Gasteiger partial charge < -0.3 is 29.6 Å². The molecule has 2 rings (SSSR count). The SMILES string of the molecule is CN=C(NCCCOC1CCOC1)NCc1cc(OC)c(OC)cc1Br.I. The first-order valence-corrected chi connectivity index (χ1v) is 9.51. The van der Waals surface area contributed by atoms with E-state index in [1.54, 1.807) is 21.3 Å². The Morgan fingerprint density at radius 2 is 2.00 bits per heavy atom. The van der Waals surface area contributed by atoms with Gasteiger partial charge in [-0.2, -0.15) is 0 Å². The van der Waals surface area contributed by atoms with Gasteiger partial charge in [-0.05, 0) is 30.5 Å². The molecule has 0 saturated carbocycles. The molecule has 1 fully saturated rings. The molecule has 154 valence electrons. The number of nitrogens with one attached hydrogen (secondary N) is 2. The zero-order valence-electron chi connectivity index (χ0n) is 16.0. The van der Waals surface area contributed by atoms with Crippen molar-refractivity contribution in [3.63, 3.8) is 0 Å². The van der Waals surface area contributed by atoms with Crippen LogP contribution in [-0.4, -0.2) is 59.7 Å². The molecule has 27 heavy (non-hydrogen) atoms. The average Bonchev–Trinajstić information content (AvgIpc) is 3.17. The minimum atomic E-state index is 0. The number of methoxy groups -OCH3 is 2. The van der Waals surface area contributed by atoms with E-state index in [4.69, 9.17) is 18.9 Å². The molecule has 1 aromatic rings. The van der Waals surface area contributed by atoms with Crippen molar-refractivity contribution in [3.8, 4) is 11.5 Å². The Hall–Kier alpha value is -0.780. The summed E-state index contributed by atoms with van der Waals surface area (Å²) in [5.41, 5.74) is 1.05. The number of nitrogens with zero attached hydrogens (tertiary/aromatic N) is 1. The highest BCUT2D eigenvalue weighted by molar-refractivity contribution is 14.0. The van der Waals surface area contributed by atoms with Crippen molar-refractivity contribution in [1.82, 2.24) is 10.6 Å². The maximum atomic E-state index is 5.75. The van der Waals surface area contributed by atoms with E-state index in [2.05, 4.69) is 31.6 Å². The smallest absolute Gasteiger partial charge is 0.191 e. The van der Waals surface area contributed by atoms with Crippen molar-refractivity contribution in [2.45, 2.75) is 25.5 Å². The summed E-state index contributed by atoms with van der Waals surface area (Å²) in [5.74, 6) is 2.14. The number of hydrogen-bond acceptors (Lipinski definition) is 5. The second-order valence-corrected chi connectivity index (χ2v) is 6.72. The van der Waals surface area contributed by atoms with Crippen LogP contribution in [0.1, 0.15) is 18.4 Å². The highest BCUT2D eigenvalue weighted by Gasteiger charge is 2.15. The standard InChI is InChI=1S/C18H28BrN3O4.HI/c1-20-18(21-6-4-7-26-14-5-8-25-12-14)22-11-13-9-16(23-2)17(24-3)10-15(13)19;/h9-10,14H,4-8,11-12H2,1-3H3,(H2,20,21,22);1H. The molecule has 1 unspecified atom stereocenters. The lowest BCUT2D eigenvalue weighted by atomic mass is 10.2. The second kappa shape index (κ2) is 13.4. The Morgan fingerprint density at radius 1 is 1.26 bits per heavy atom. The van der Waals surface area contributed by atoms with Crippen molar-refractivity contribution < 1.29 is 18.9 Å². The van der Waals surface area contributed by atoms with Crippen LogP contribution in [0.25, 0.3) is 0 Å². The molecule has 7 nitrogen and oxygen atoms in total. The highest BCUT2D eigenvalue weighted by atomic mass is 127. The Labute approximate surface area is 186 Å². The maximum Gasteiger partial charge on any atom is 0.191 e. The molecule has 1 saturated heterocycles. The minimum absolute atomic E-state index is 0. The fraction of sp³-hybridized carbons (Fsp3) is 0.611. The maximum absolute atomic E-state index is 5.75. The van der Waals surface area contributed by atoms with E-state index < -0.39 is 0 Å². The lowest BCUT2D eigenvalue weighted by Crippen LogP contribution is -2.37. The molecule has 9 heteroatoms. The molecule has 1 atom stereocenters. The van der Waals surface area contributed by atoms with Crippen LogP contribution in [0, 0.1) is 0 Å². The van der Waals surface area contributed by atoms with Crippen molar-refractivity contribution >= 4 is 45.9 Å². The number of rotatable bonds is 9. The van der Waals surface area contributed by atoms with Crippen LogP contribution in [0.15, 0.2) is 21.6 Å². The molecule has 0 aliphatic carbocycles. The normalized spacial score (nSPS) is 16.6. The van der Waals surface area contributed by atoms with Gasteiger partial charge in [-0.3, -0.25) is 4.99 Å². The van der Waals surface area contributed by atoms with E-state index in [1.165, 1.54) is 0 Å². The van der Waals surface area contributed by atoms with Crippen molar-refractivity contribution in [2.75, 3.05) is 47.6 Å². The van der Waals surface area contributed by atoms with Crippen molar-refractivity contribution in [1.29, 1.82) is 0 Å². The van der Waals surface area contributed by atoms with Gasteiger partial charge in [0.1, 0.15) is 0 Å².